The van der Waals surface area contributed by atoms with Crippen LogP contribution < -0.4 is 4.90 Å². The number of carbonyl (C=O) groups is 1. The quantitative estimate of drug-likeness (QED) is 0.251. The summed E-state index contributed by atoms with van der Waals surface area (Å²) in [5, 5.41) is 13.6. The highest BCUT2D eigenvalue weighted by Crippen LogP contribution is 2.24. The average molecular weight is 591 g/mol. The van der Waals surface area contributed by atoms with Crippen LogP contribution >= 0.6 is 0 Å². The molecular formula is C31H36F2N8O2. The Morgan fingerprint density at radius 1 is 0.907 bits per heavy atom. The van der Waals surface area contributed by atoms with E-state index in [0.29, 0.717) is 55.5 Å². The molecule has 3 heterocycles. The molecule has 4 aromatic rings. The van der Waals surface area contributed by atoms with Gasteiger partial charge in [-0.1, -0.05) is 0 Å². The molecule has 1 aliphatic rings. The predicted octanol–water partition coefficient (Wildman–Crippen LogP) is 3.28. The largest absolute Gasteiger partial charge is 0.395 e. The Morgan fingerprint density at radius 2 is 1.58 bits per heavy atom. The number of hydrogen-bond donors (Lipinski definition) is 1. The molecule has 1 fully saturated rings. The van der Waals surface area contributed by atoms with Gasteiger partial charge in [-0.15, -0.1) is 5.10 Å². The number of aliphatic hydroxyl groups is 1. The van der Waals surface area contributed by atoms with Gasteiger partial charge in [-0.25, -0.2) is 28.4 Å². The molecule has 0 bridgehead atoms. The lowest BCUT2D eigenvalue weighted by Crippen LogP contribution is -2.50. The number of hydrogen-bond acceptors (Lipinski definition) is 8. The first kappa shape index (κ1) is 30.2. The third-order valence-corrected chi connectivity index (χ3v) is 7.53. The van der Waals surface area contributed by atoms with E-state index in [0.717, 1.165) is 37.3 Å². The maximum Gasteiger partial charge on any atom is 0.244 e. The van der Waals surface area contributed by atoms with E-state index in [1.54, 1.807) is 35.5 Å². The second kappa shape index (κ2) is 14.3. The topological polar surface area (TPSA) is 104 Å². The fraction of sp³-hybridized carbons (Fsp3) is 0.387. The Balaban J connectivity index is 1.20. The summed E-state index contributed by atoms with van der Waals surface area (Å²) in [4.78, 5) is 33.0. The van der Waals surface area contributed by atoms with E-state index in [4.69, 9.17) is 5.11 Å². The summed E-state index contributed by atoms with van der Waals surface area (Å²) < 4.78 is 28.6. The second-order valence-electron chi connectivity index (χ2n) is 10.6. The number of aromatic nitrogens is 5. The number of aryl methyl sites for hydroxylation is 1. The highest BCUT2D eigenvalue weighted by Gasteiger charge is 2.24. The van der Waals surface area contributed by atoms with Crippen LogP contribution in [-0.4, -0.2) is 98.5 Å². The van der Waals surface area contributed by atoms with Crippen LogP contribution in [0.3, 0.4) is 0 Å². The molecule has 1 aliphatic heterocycles. The maximum atomic E-state index is 13.6. The van der Waals surface area contributed by atoms with Crippen molar-refractivity contribution < 1.29 is 18.7 Å². The fourth-order valence-electron chi connectivity index (χ4n) is 5.06. The summed E-state index contributed by atoms with van der Waals surface area (Å²) in [6, 6.07) is 13.7. The number of piperazine rings is 1. The molecular weight excluding hydrogens is 554 g/mol. The molecule has 12 heteroatoms. The number of amides is 1. The Labute approximate surface area is 249 Å². The van der Waals surface area contributed by atoms with E-state index in [2.05, 4.69) is 29.9 Å². The highest BCUT2D eigenvalue weighted by molar-refractivity contribution is 5.77. The number of halogens is 2. The molecule has 1 amide bonds. The lowest BCUT2D eigenvalue weighted by atomic mass is 10.1. The van der Waals surface area contributed by atoms with Gasteiger partial charge in [0.2, 0.25) is 5.91 Å². The van der Waals surface area contributed by atoms with Crippen molar-refractivity contribution in [3.8, 4) is 22.8 Å². The standard InChI is InChI=1S/C31H36F2N8O2/c1-38(18-19-42)13-3-2-4-27-20-28(35-22-34-27)39-14-16-40(17-15-39)29(43)21-41-31(24-7-11-26(33)12-8-24)36-30(37-41)23-5-9-25(32)10-6-23/h5-12,20,22,42H,2-4,13-19,21H2,1H3. The van der Waals surface area contributed by atoms with Crippen molar-refractivity contribution in [1.29, 1.82) is 0 Å². The number of likely N-dealkylation sites (N-methyl/N-ethyl adjacent to an activating group) is 1. The van der Waals surface area contributed by atoms with E-state index < -0.39 is 0 Å². The lowest BCUT2D eigenvalue weighted by Gasteiger charge is -2.35. The normalized spacial score (nSPS) is 13.6. The van der Waals surface area contributed by atoms with Gasteiger partial charge in [-0.2, -0.15) is 0 Å². The number of anilines is 1. The molecule has 0 radical (unpaired) electrons. The molecule has 0 aliphatic carbocycles. The molecule has 0 saturated carbocycles. The molecule has 10 nitrogen and oxygen atoms in total. The van der Waals surface area contributed by atoms with Crippen molar-refractivity contribution in [2.24, 2.45) is 0 Å². The fourth-order valence-corrected chi connectivity index (χ4v) is 5.06. The van der Waals surface area contributed by atoms with Gasteiger partial charge in [0, 0.05) is 55.6 Å². The van der Waals surface area contributed by atoms with Gasteiger partial charge in [0.25, 0.3) is 0 Å². The first-order valence-corrected chi connectivity index (χ1v) is 14.5. The SMILES string of the molecule is CN(CCO)CCCCc1cc(N2CCN(C(=O)Cn3nc(-c4ccc(F)cc4)nc3-c3ccc(F)cc3)CC2)ncn1. The number of rotatable bonds is 12. The van der Waals surface area contributed by atoms with E-state index >= 15 is 0 Å². The first-order valence-electron chi connectivity index (χ1n) is 14.5. The van der Waals surface area contributed by atoms with E-state index in [1.807, 2.05) is 13.1 Å². The Bertz CT molecular complexity index is 1490. The van der Waals surface area contributed by atoms with Crippen LogP contribution in [0.2, 0.25) is 0 Å². The molecule has 0 atom stereocenters. The number of aliphatic hydroxyl groups excluding tert-OH is 1. The van der Waals surface area contributed by atoms with Crippen LogP contribution in [0, 0.1) is 11.6 Å². The minimum atomic E-state index is -0.375. The number of nitrogens with zero attached hydrogens (tertiary/aromatic N) is 8. The van der Waals surface area contributed by atoms with Gasteiger partial charge in [-0.3, -0.25) is 4.79 Å². The predicted molar refractivity (Wildman–Crippen MR) is 159 cm³/mol. The third-order valence-electron chi connectivity index (χ3n) is 7.53. The van der Waals surface area contributed by atoms with E-state index in [1.165, 1.54) is 28.9 Å². The summed E-state index contributed by atoms with van der Waals surface area (Å²) in [6.07, 6.45) is 4.48. The van der Waals surface area contributed by atoms with Crippen molar-refractivity contribution in [2.75, 3.05) is 57.8 Å². The van der Waals surface area contributed by atoms with Crippen LogP contribution in [0.5, 0.6) is 0 Å². The summed E-state index contributed by atoms with van der Waals surface area (Å²) in [5.41, 5.74) is 2.23. The van der Waals surface area contributed by atoms with Crippen LogP contribution in [0.25, 0.3) is 22.8 Å². The van der Waals surface area contributed by atoms with Crippen molar-refractivity contribution >= 4 is 11.7 Å². The Kier molecular flexibility index (Phi) is 10.0. The molecule has 2 aromatic carbocycles. The van der Waals surface area contributed by atoms with Crippen molar-refractivity contribution in [2.45, 2.75) is 25.8 Å². The Morgan fingerprint density at radius 3 is 2.26 bits per heavy atom. The summed E-state index contributed by atoms with van der Waals surface area (Å²) >= 11 is 0. The van der Waals surface area contributed by atoms with Gasteiger partial charge in [0.15, 0.2) is 11.6 Å². The number of unbranched alkanes of at least 4 members (excludes halogenated alkanes) is 1. The van der Waals surface area contributed by atoms with Crippen LogP contribution in [0.15, 0.2) is 60.9 Å². The van der Waals surface area contributed by atoms with Crippen molar-refractivity contribution in [3.63, 3.8) is 0 Å². The molecule has 43 heavy (non-hydrogen) atoms. The minimum absolute atomic E-state index is 0.0357. The monoisotopic (exact) mass is 590 g/mol. The summed E-state index contributed by atoms with van der Waals surface area (Å²) in [6.45, 7) is 4.07. The highest BCUT2D eigenvalue weighted by atomic mass is 19.1. The van der Waals surface area contributed by atoms with E-state index in [9.17, 15) is 13.6 Å². The molecule has 2 aromatic heterocycles. The smallest absolute Gasteiger partial charge is 0.244 e. The molecule has 226 valence electrons. The van der Waals surface area contributed by atoms with Crippen LogP contribution in [0.1, 0.15) is 18.5 Å². The molecule has 0 spiro atoms. The zero-order valence-corrected chi connectivity index (χ0v) is 24.2. The zero-order valence-electron chi connectivity index (χ0n) is 24.2. The molecule has 0 unspecified atom stereocenters. The van der Waals surface area contributed by atoms with E-state index in [-0.39, 0.29) is 30.7 Å². The minimum Gasteiger partial charge on any atom is -0.395 e. The molecule has 5 rings (SSSR count). The Hall–Kier alpha value is -4.29. The maximum absolute atomic E-state index is 13.6. The lowest BCUT2D eigenvalue weighted by molar-refractivity contribution is -0.132. The number of benzene rings is 2. The molecule has 1 saturated heterocycles. The second-order valence-corrected chi connectivity index (χ2v) is 10.6. The van der Waals surface area contributed by atoms with Gasteiger partial charge in [-0.05, 0) is 81.4 Å². The van der Waals surface area contributed by atoms with Crippen LogP contribution in [0.4, 0.5) is 14.6 Å². The van der Waals surface area contributed by atoms with Gasteiger partial charge in [0.1, 0.15) is 30.3 Å². The van der Waals surface area contributed by atoms with Crippen LogP contribution in [-0.2, 0) is 17.8 Å². The molecule has 1 N–H and O–H groups in total. The third kappa shape index (κ3) is 7.96. The average Bonchev–Trinajstić information content (AvgIpc) is 3.44. The zero-order chi connectivity index (χ0) is 30.2. The van der Waals surface area contributed by atoms with Gasteiger partial charge in [0.05, 0.1) is 6.61 Å². The summed E-state index contributed by atoms with van der Waals surface area (Å²) in [5.74, 6) is 0.795. The summed E-state index contributed by atoms with van der Waals surface area (Å²) in [7, 11) is 2.00. The van der Waals surface area contributed by atoms with Gasteiger partial charge >= 0.3 is 0 Å². The van der Waals surface area contributed by atoms with Crippen molar-refractivity contribution in [3.05, 3.63) is 78.3 Å². The first-order chi connectivity index (χ1) is 20.9. The van der Waals surface area contributed by atoms with Gasteiger partial charge < -0.3 is 19.8 Å². The number of carbonyl (C=O) groups excluding carboxylic acids is 1. The van der Waals surface area contributed by atoms with Crippen molar-refractivity contribution in [1.82, 2.24) is 34.5 Å².